The second kappa shape index (κ2) is 7.49. The van der Waals surface area contributed by atoms with E-state index in [0.29, 0.717) is 5.69 Å². The van der Waals surface area contributed by atoms with Crippen molar-refractivity contribution >= 4 is 28.2 Å². The van der Waals surface area contributed by atoms with Crippen LogP contribution in [0.1, 0.15) is 19.4 Å². The molecule has 0 spiro atoms. The number of pyridine rings is 1. The number of para-hydroxylation sites is 1. The fourth-order valence-electron chi connectivity index (χ4n) is 4.03. The molecule has 1 aliphatic heterocycles. The van der Waals surface area contributed by atoms with E-state index in [1.807, 2.05) is 55.6 Å². The third-order valence-electron chi connectivity index (χ3n) is 5.61. The van der Waals surface area contributed by atoms with Gasteiger partial charge in [0.15, 0.2) is 0 Å². The molecule has 0 saturated carbocycles. The van der Waals surface area contributed by atoms with Crippen LogP contribution < -0.4 is 10.2 Å². The van der Waals surface area contributed by atoms with Gasteiger partial charge in [0.1, 0.15) is 11.6 Å². The monoisotopic (exact) mass is 394 g/mol. The number of amides is 1. The number of nitrogens with zero attached hydrogens (tertiary/aromatic N) is 3. The zero-order valence-electron chi connectivity index (χ0n) is 17.2. The van der Waals surface area contributed by atoms with E-state index in [0.717, 1.165) is 22.3 Å². The largest absolute Gasteiger partial charge is 0.347 e. The van der Waals surface area contributed by atoms with Crippen LogP contribution in [0.5, 0.6) is 0 Å². The Hall–Kier alpha value is -3.91. The molecule has 5 heteroatoms. The van der Waals surface area contributed by atoms with Crippen LogP contribution in [-0.2, 0) is 10.2 Å². The predicted molar refractivity (Wildman–Crippen MR) is 120 cm³/mol. The minimum Gasteiger partial charge on any atom is -0.347 e. The van der Waals surface area contributed by atoms with Crippen molar-refractivity contribution in [3.63, 3.8) is 0 Å². The van der Waals surface area contributed by atoms with E-state index in [-0.39, 0.29) is 11.0 Å². The van der Waals surface area contributed by atoms with Crippen molar-refractivity contribution in [3.05, 3.63) is 89.8 Å². The second-order valence-electron chi connectivity index (χ2n) is 7.78. The number of anilines is 2. The lowest BCUT2D eigenvalue weighted by Gasteiger charge is -2.23. The minimum absolute atomic E-state index is 0.0450. The molecule has 0 radical (unpaired) electrons. The third kappa shape index (κ3) is 3.23. The van der Waals surface area contributed by atoms with Crippen molar-refractivity contribution in [2.75, 3.05) is 17.3 Å². The number of nitrogens with one attached hydrogen (secondary N) is 1. The Morgan fingerprint density at radius 2 is 1.93 bits per heavy atom. The zero-order valence-corrected chi connectivity index (χ0v) is 17.2. The summed E-state index contributed by atoms with van der Waals surface area (Å²) in [6, 6.07) is 19.5. The minimum atomic E-state index is -0.443. The third-order valence-corrected chi connectivity index (χ3v) is 5.61. The number of carbonyl (C=O) groups excluding carboxylic acids is 1. The number of aromatic nitrogens is 1. The van der Waals surface area contributed by atoms with Crippen LogP contribution in [0.4, 0.5) is 11.4 Å². The van der Waals surface area contributed by atoms with Gasteiger partial charge in [-0.25, -0.2) is 0 Å². The lowest BCUT2D eigenvalue weighted by atomic mass is 9.83. The fraction of sp³-hybridized carbons (Fsp3) is 0.160. The van der Waals surface area contributed by atoms with E-state index < -0.39 is 5.91 Å². The van der Waals surface area contributed by atoms with Gasteiger partial charge >= 0.3 is 0 Å². The molecule has 0 bridgehead atoms. The zero-order chi connectivity index (χ0) is 21.3. The molecule has 5 nitrogen and oxygen atoms in total. The summed E-state index contributed by atoms with van der Waals surface area (Å²) < 4.78 is 0. The summed E-state index contributed by atoms with van der Waals surface area (Å²) in [6.07, 6.45) is 5.17. The van der Waals surface area contributed by atoms with E-state index in [4.69, 9.17) is 0 Å². The topological polar surface area (TPSA) is 69.0 Å². The standard InChI is InChI=1S/C25H22N4O/c1-25(2)19-9-4-5-12-22(19)29(3)23(25)14-13-17(16-26)24(30)28-21-11-6-10-20-18(21)8-7-15-27-20/h4-15H,1-3H3,(H,28,30). The van der Waals surface area contributed by atoms with Crippen LogP contribution in [0.3, 0.4) is 0 Å². The number of benzene rings is 2. The van der Waals surface area contributed by atoms with Gasteiger partial charge in [0, 0.05) is 35.4 Å². The average Bonchev–Trinajstić information content (AvgIpc) is 2.95. The highest BCUT2D eigenvalue weighted by molar-refractivity contribution is 6.10. The summed E-state index contributed by atoms with van der Waals surface area (Å²) in [7, 11) is 2.00. The van der Waals surface area contributed by atoms with Crippen LogP contribution in [0.25, 0.3) is 10.9 Å². The van der Waals surface area contributed by atoms with Crippen molar-refractivity contribution in [1.29, 1.82) is 5.26 Å². The van der Waals surface area contributed by atoms with Gasteiger partial charge < -0.3 is 10.2 Å². The molecule has 1 N–H and O–H groups in total. The van der Waals surface area contributed by atoms with Crippen molar-refractivity contribution in [2.45, 2.75) is 19.3 Å². The van der Waals surface area contributed by atoms with Crippen LogP contribution in [0.15, 0.2) is 84.2 Å². The summed E-state index contributed by atoms with van der Waals surface area (Å²) in [4.78, 5) is 19.2. The predicted octanol–water partition coefficient (Wildman–Crippen LogP) is 4.93. The summed E-state index contributed by atoms with van der Waals surface area (Å²) in [5.41, 5.74) is 4.62. The molecule has 3 aromatic rings. The first-order chi connectivity index (χ1) is 14.4. The Bertz CT molecular complexity index is 1240. The van der Waals surface area contributed by atoms with Crippen molar-refractivity contribution in [2.24, 2.45) is 0 Å². The number of carbonyl (C=O) groups is 1. The molecule has 2 heterocycles. The number of likely N-dealkylation sites (N-methyl/N-ethyl adjacent to an activating group) is 1. The van der Waals surface area contributed by atoms with E-state index >= 15 is 0 Å². The number of fused-ring (bicyclic) bond motifs is 2. The van der Waals surface area contributed by atoms with Gasteiger partial charge in [0.2, 0.25) is 0 Å². The number of hydrogen-bond acceptors (Lipinski definition) is 4. The SMILES string of the molecule is CN1C(=CC=C(C#N)C(=O)Nc2cccc3ncccc23)C(C)(C)c2ccccc21. The highest BCUT2D eigenvalue weighted by Gasteiger charge is 2.37. The highest BCUT2D eigenvalue weighted by atomic mass is 16.1. The lowest BCUT2D eigenvalue weighted by molar-refractivity contribution is -0.112. The van der Waals surface area contributed by atoms with Crippen LogP contribution in [0.2, 0.25) is 0 Å². The number of allylic oxidation sites excluding steroid dienone is 3. The Morgan fingerprint density at radius 1 is 1.13 bits per heavy atom. The van der Waals surface area contributed by atoms with Crippen molar-refractivity contribution < 1.29 is 4.79 Å². The maximum absolute atomic E-state index is 12.8. The first kappa shape index (κ1) is 19.4. The molecular weight excluding hydrogens is 372 g/mol. The quantitative estimate of drug-likeness (QED) is 0.505. The fourth-order valence-corrected chi connectivity index (χ4v) is 4.03. The second-order valence-corrected chi connectivity index (χ2v) is 7.78. The molecule has 2 aromatic carbocycles. The highest BCUT2D eigenvalue weighted by Crippen LogP contribution is 2.46. The molecule has 1 aromatic heterocycles. The maximum Gasteiger partial charge on any atom is 0.266 e. The molecule has 148 valence electrons. The van der Waals surface area contributed by atoms with Crippen molar-refractivity contribution in [3.8, 4) is 6.07 Å². The van der Waals surface area contributed by atoms with Gasteiger partial charge in [0.05, 0.1) is 11.2 Å². The molecule has 0 aliphatic carbocycles. The Balaban J connectivity index is 1.64. The summed E-state index contributed by atoms with van der Waals surface area (Å²) in [6.45, 7) is 4.29. The van der Waals surface area contributed by atoms with Gasteiger partial charge in [-0.1, -0.05) is 38.1 Å². The number of rotatable bonds is 3. The molecule has 0 unspecified atom stereocenters. The lowest BCUT2D eigenvalue weighted by Crippen LogP contribution is -2.22. The Kier molecular flexibility index (Phi) is 4.85. The molecular formula is C25H22N4O. The average molecular weight is 394 g/mol. The van der Waals surface area contributed by atoms with E-state index in [9.17, 15) is 10.1 Å². The van der Waals surface area contributed by atoms with E-state index in [1.54, 1.807) is 18.3 Å². The Morgan fingerprint density at radius 3 is 2.70 bits per heavy atom. The maximum atomic E-state index is 12.8. The van der Waals surface area contributed by atoms with Gasteiger partial charge in [0.25, 0.3) is 5.91 Å². The molecule has 0 saturated heterocycles. The molecule has 1 aliphatic rings. The summed E-state index contributed by atoms with van der Waals surface area (Å²) in [5, 5.41) is 13.3. The van der Waals surface area contributed by atoms with Crippen LogP contribution >= 0.6 is 0 Å². The first-order valence-electron chi connectivity index (χ1n) is 9.74. The van der Waals surface area contributed by atoms with E-state index in [1.165, 1.54) is 5.56 Å². The van der Waals surface area contributed by atoms with Crippen LogP contribution in [-0.4, -0.2) is 17.9 Å². The van der Waals surface area contributed by atoms with E-state index in [2.05, 4.69) is 41.2 Å². The van der Waals surface area contributed by atoms with Gasteiger partial charge in [-0.05, 0) is 48.0 Å². The molecule has 1 amide bonds. The number of nitriles is 1. The summed E-state index contributed by atoms with van der Waals surface area (Å²) >= 11 is 0. The van der Waals surface area contributed by atoms with Gasteiger partial charge in [-0.2, -0.15) is 5.26 Å². The van der Waals surface area contributed by atoms with Gasteiger partial charge in [-0.15, -0.1) is 0 Å². The normalized spacial score (nSPS) is 16.4. The molecule has 0 atom stereocenters. The first-order valence-corrected chi connectivity index (χ1v) is 9.74. The number of hydrogen-bond donors (Lipinski definition) is 1. The molecule has 30 heavy (non-hydrogen) atoms. The van der Waals surface area contributed by atoms with Crippen molar-refractivity contribution in [1.82, 2.24) is 4.98 Å². The smallest absolute Gasteiger partial charge is 0.266 e. The Labute approximate surface area is 176 Å². The van der Waals surface area contributed by atoms with Gasteiger partial charge in [-0.3, -0.25) is 9.78 Å². The van der Waals surface area contributed by atoms with Crippen LogP contribution in [0, 0.1) is 11.3 Å². The molecule has 0 fully saturated rings. The molecule has 4 rings (SSSR count). The summed E-state index contributed by atoms with van der Waals surface area (Å²) in [5.74, 6) is -0.443.